The number of amides is 1. The van der Waals surface area contributed by atoms with E-state index >= 15 is 0 Å². The molecule has 2 N–H and O–H groups in total. The largest absolute Gasteiger partial charge is 0.481 e. The molecule has 0 radical (unpaired) electrons. The van der Waals surface area contributed by atoms with Crippen molar-refractivity contribution in [3.05, 3.63) is 22.1 Å². The highest BCUT2D eigenvalue weighted by atomic mass is 79.9. The van der Waals surface area contributed by atoms with Gasteiger partial charge in [-0.05, 0) is 48.2 Å². The van der Waals surface area contributed by atoms with E-state index in [1.165, 1.54) is 0 Å². The van der Waals surface area contributed by atoms with Crippen molar-refractivity contribution in [2.24, 2.45) is 0 Å². The Hall–Kier alpha value is -1.30. The van der Waals surface area contributed by atoms with Crippen LogP contribution < -0.4 is 5.32 Å². The van der Waals surface area contributed by atoms with Gasteiger partial charge in [0, 0.05) is 5.56 Å². The molecule has 0 aromatic carbocycles. The molecule has 1 amide bonds. The van der Waals surface area contributed by atoms with Gasteiger partial charge in [-0.15, -0.1) is 0 Å². The van der Waals surface area contributed by atoms with E-state index in [9.17, 15) is 9.59 Å². The first kappa shape index (κ1) is 13.1. The first-order chi connectivity index (χ1) is 8.42. The number of hydrogen-bond donors (Lipinski definition) is 2. The Morgan fingerprint density at radius 3 is 2.61 bits per heavy atom. The lowest BCUT2D eigenvalue weighted by molar-refractivity contribution is -0.139. The van der Waals surface area contributed by atoms with E-state index in [2.05, 4.69) is 21.2 Å². The van der Waals surface area contributed by atoms with Gasteiger partial charge < -0.3 is 14.8 Å². The zero-order valence-corrected chi connectivity index (χ0v) is 11.5. The summed E-state index contributed by atoms with van der Waals surface area (Å²) in [6, 6.07) is 1.71. The molecule has 1 aromatic rings. The van der Waals surface area contributed by atoms with Crippen molar-refractivity contribution in [1.82, 2.24) is 5.32 Å². The number of carboxylic acid groups (broad SMARTS) is 1. The lowest BCUT2D eigenvalue weighted by atomic mass is 9.74. The molecule has 1 fully saturated rings. The second-order valence-corrected chi connectivity index (χ2v) is 5.50. The lowest BCUT2D eigenvalue weighted by Gasteiger charge is -2.41. The number of rotatable bonds is 4. The fourth-order valence-electron chi connectivity index (χ4n) is 2.21. The van der Waals surface area contributed by atoms with Crippen LogP contribution in [0.25, 0.3) is 0 Å². The number of carboxylic acids is 1. The molecule has 0 aliphatic heterocycles. The Morgan fingerprint density at radius 1 is 1.56 bits per heavy atom. The summed E-state index contributed by atoms with van der Waals surface area (Å²) in [5.41, 5.74) is 0.124. The van der Waals surface area contributed by atoms with Crippen molar-refractivity contribution in [2.45, 2.75) is 38.1 Å². The summed E-state index contributed by atoms with van der Waals surface area (Å²) in [6.07, 6.45) is 2.30. The number of carbonyl (C=O) groups excluding carboxylic acids is 1. The topological polar surface area (TPSA) is 79.5 Å². The van der Waals surface area contributed by atoms with Crippen LogP contribution in [0.5, 0.6) is 0 Å². The standard InChI is InChI=1S/C12H14BrNO4/c1-7-5-8(13)18-10(7)11(17)14-12(3-2-4-12)6-9(15)16/h5H,2-4,6H2,1H3,(H,14,17)(H,15,16). The fourth-order valence-corrected chi connectivity index (χ4v) is 2.71. The molecule has 1 saturated carbocycles. The highest BCUT2D eigenvalue weighted by Gasteiger charge is 2.41. The molecule has 0 saturated heterocycles. The number of furan rings is 1. The summed E-state index contributed by atoms with van der Waals surface area (Å²) < 4.78 is 5.74. The highest BCUT2D eigenvalue weighted by molar-refractivity contribution is 9.10. The Kier molecular flexibility index (Phi) is 3.47. The maximum Gasteiger partial charge on any atom is 0.305 e. The van der Waals surface area contributed by atoms with Gasteiger partial charge in [0.05, 0.1) is 12.0 Å². The molecule has 0 atom stereocenters. The van der Waals surface area contributed by atoms with Crippen LogP contribution in [0.2, 0.25) is 0 Å². The molecule has 2 rings (SSSR count). The summed E-state index contributed by atoms with van der Waals surface area (Å²) in [7, 11) is 0. The molecule has 5 nitrogen and oxygen atoms in total. The normalized spacial score (nSPS) is 17.0. The van der Waals surface area contributed by atoms with Crippen molar-refractivity contribution in [3.63, 3.8) is 0 Å². The van der Waals surface area contributed by atoms with Crippen molar-refractivity contribution < 1.29 is 19.1 Å². The number of hydrogen-bond acceptors (Lipinski definition) is 3. The summed E-state index contributed by atoms with van der Waals surface area (Å²) in [6.45, 7) is 1.77. The average molecular weight is 316 g/mol. The molecule has 18 heavy (non-hydrogen) atoms. The van der Waals surface area contributed by atoms with E-state index in [1.54, 1.807) is 13.0 Å². The Morgan fingerprint density at radius 2 is 2.22 bits per heavy atom. The minimum atomic E-state index is -0.896. The Balaban J connectivity index is 2.11. The highest BCUT2D eigenvalue weighted by Crippen LogP contribution is 2.35. The van der Waals surface area contributed by atoms with Crippen molar-refractivity contribution in [3.8, 4) is 0 Å². The van der Waals surface area contributed by atoms with Gasteiger partial charge in [-0.25, -0.2) is 0 Å². The van der Waals surface area contributed by atoms with Gasteiger partial charge in [0.2, 0.25) is 0 Å². The van der Waals surface area contributed by atoms with Crippen LogP contribution in [-0.2, 0) is 4.79 Å². The van der Waals surface area contributed by atoms with Crippen LogP contribution in [0.1, 0.15) is 41.8 Å². The van der Waals surface area contributed by atoms with Gasteiger partial charge in [-0.2, -0.15) is 0 Å². The monoisotopic (exact) mass is 315 g/mol. The van der Waals surface area contributed by atoms with Gasteiger partial charge in [0.15, 0.2) is 10.4 Å². The van der Waals surface area contributed by atoms with Crippen molar-refractivity contribution >= 4 is 27.8 Å². The molecular formula is C12H14BrNO4. The third kappa shape index (κ3) is 2.58. The summed E-state index contributed by atoms with van der Waals surface area (Å²) >= 11 is 3.16. The Bertz CT molecular complexity index is 490. The maximum atomic E-state index is 12.1. The minimum Gasteiger partial charge on any atom is -0.481 e. The second kappa shape index (κ2) is 4.76. The predicted octanol–water partition coefficient (Wildman–Crippen LogP) is 2.48. The van der Waals surface area contributed by atoms with E-state index in [0.29, 0.717) is 17.5 Å². The minimum absolute atomic E-state index is 0.0420. The third-order valence-electron chi connectivity index (χ3n) is 3.27. The van der Waals surface area contributed by atoms with E-state index in [0.717, 1.165) is 12.0 Å². The van der Waals surface area contributed by atoms with E-state index in [-0.39, 0.29) is 18.1 Å². The van der Waals surface area contributed by atoms with Crippen molar-refractivity contribution in [1.29, 1.82) is 0 Å². The average Bonchev–Trinajstić information content (AvgIpc) is 2.53. The molecule has 6 heteroatoms. The van der Waals surface area contributed by atoms with E-state index < -0.39 is 11.5 Å². The molecular weight excluding hydrogens is 302 g/mol. The molecule has 1 heterocycles. The van der Waals surface area contributed by atoms with Crippen LogP contribution >= 0.6 is 15.9 Å². The van der Waals surface area contributed by atoms with Crippen molar-refractivity contribution in [2.75, 3.05) is 0 Å². The van der Waals surface area contributed by atoms with Gasteiger partial charge in [0.25, 0.3) is 5.91 Å². The summed E-state index contributed by atoms with van der Waals surface area (Å²) in [5, 5.41) is 11.7. The lowest BCUT2D eigenvalue weighted by Crippen LogP contribution is -2.54. The fraction of sp³-hybridized carbons (Fsp3) is 0.500. The predicted molar refractivity (Wildman–Crippen MR) is 67.4 cm³/mol. The van der Waals surface area contributed by atoms with Gasteiger partial charge in [0.1, 0.15) is 0 Å². The molecule has 0 spiro atoms. The van der Waals surface area contributed by atoms with Crippen LogP contribution in [0.4, 0.5) is 0 Å². The number of aliphatic carboxylic acids is 1. The molecule has 1 aliphatic carbocycles. The van der Waals surface area contributed by atoms with E-state index in [1.807, 2.05) is 0 Å². The summed E-state index contributed by atoms with van der Waals surface area (Å²) in [5.74, 6) is -1.01. The third-order valence-corrected chi connectivity index (χ3v) is 3.66. The number of nitrogens with one attached hydrogen (secondary N) is 1. The zero-order chi connectivity index (χ0) is 13.3. The molecule has 1 aliphatic rings. The van der Waals surface area contributed by atoms with Gasteiger partial charge in [-0.3, -0.25) is 9.59 Å². The van der Waals surface area contributed by atoms with Crippen LogP contribution in [0.15, 0.2) is 15.2 Å². The van der Waals surface area contributed by atoms with Gasteiger partial charge in [-0.1, -0.05) is 0 Å². The quantitative estimate of drug-likeness (QED) is 0.894. The first-order valence-corrected chi connectivity index (χ1v) is 6.51. The van der Waals surface area contributed by atoms with Crippen LogP contribution in [-0.4, -0.2) is 22.5 Å². The number of halogens is 1. The van der Waals surface area contributed by atoms with Crippen LogP contribution in [0, 0.1) is 6.92 Å². The zero-order valence-electron chi connectivity index (χ0n) is 9.96. The molecule has 0 unspecified atom stereocenters. The second-order valence-electron chi connectivity index (χ2n) is 4.72. The molecule has 98 valence electrons. The van der Waals surface area contributed by atoms with Gasteiger partial charge >= 0.3 is 5.97 Å². The summed E-state index contributed by atoms with van der Waals surface area (Å²) in [4.78, 5) is 22.9. The molecule has 0 bridgehead atoms. The molecule has 1 aromatic heterocycles. The SMILES string of the molecule is Cc1cc(Br)oc1C(=O)NC1(CC(=O)O)CCC1. The number of aryl methyl sites for hydroxylation is 1. The van der Waals surface area contributed by atoms with Crippen LogP contribution in [0.3, 0.4) is 0 Å². The maximum absolute atomic E-state index is 12.1. The first-order valence-electron chi connectivity index (χ1n) is 5.72. The van der Waals surface area contributed by atoms with E-state index in [4.69, 9.17) is 9.52 Å². The Labute approximate surface area is 113 Å². The number of carbonyl (C=O) groups is 2. The smallest absolute Gasteiger partial charge is 0.305 e.